The minimum atomic E-state index is 0.0452. The van der Waals surface area contributed by atoms with Gasteiger partial charge in [-0.1, -0.05) is 31.5 Å². The molecular weight excluding hydrogens is 248 g/mol. The first-order chi connectivity index (χ1) is 9.72. The summed E-state index contributed by atoms with van der Waals surface area (Å²) in [4.78, 5) is 17.9. The lowest BCUT2D eigenvalue weighted by Crippen LogP contribution is -2.19. The first-order valence-corrected chi connectivity index (χ1v) is 7.02. The summed E-state index contributed by atoms with van der Waals surface area (Å²) in [5.41, 5.74) is 1.78. The van der Waals surface area contributed by atoms with Crippen LogP contribution >= 0.6 is 0 Å². The van der Waals surface area contributed by atoms with Crippen LogP contribution in [0.5, 0.6) is 0 Å². The van der Waals surface area contributed by atoms with Crippen LogP contribution in [0.15, 0.2) is 48.7 Å². The minimum absolute atomic E-state index is 0.0452. The Hall–Kier alpha value is -2.16. The van der Waals surface area contributed by atoms with Gasteiger partial charge in [0.2, 0.25) is 0 Å². The third-order valence-corrected chi connectivity index (χ3v) is 3.23. The topological polar surface area (TPSA) is 33.2 Å². The molecule has 0 unspecified atom stereocenters. The van der Waals surface area contributed by atoms with E-state index in [4.69, 9.17) is 0 Å². The molecule has 0 aliphatic carbocycles. The summed E-state index contributed by atoms with van der Waals surface area (Å²) in [6, 6.07) is 14.0. The number of ketones is 1. The van der Waals surface area contributed by atoms with Gasteiger partial charge in [0.25, 0.3) is 0 Å². The lowest BCUT2D eigenvalue weighted by Gasteiger charge is -2.23. The van der Waals surface area contributed by atoms with Crippen LogP contribution in [0.4, 0.5) is 11.5 Å². The SMILES string of the molecule is CCCCN(c1ccccc1)c1ccc(C(C)=O)cn1. The highest BCUT2D eigenvalue weighted by Gasteiger charge is 2.10. The predicted octanol–water partition coefficient (Wildman–Crippen LogP) is 4.22. The Bertz CT molecular complexity index is 549. The molecule has 0 saturated carbocycles. The largest absolute Gasteiger partial charge is 0.326 e. The Morgan fingerprint density at radius 2 is 1.90 bits per heavy atom. The molecule has 0 spiro atoms. The first kappa shape index (κ1) is 14.3. The van der Waals surface area contributed by atoms with E-state index in [1.54, 1.807) is 13.1 Å². The number of aromatic nitrogens is 1. The summed E-state index contributed by atoms with van der Waals surface area (Å²) in [6.07, 6.45) is 3.89. The number of hydrogen-bond acceptors (Lipinski definition) is 3. The van der Waals surface area contributed by atoms with Crippen molar-refractivity contribution in [3.8, 4) is 0 Å². The summed E-state index contributed by atoms with van der Waals surface area (Å²) in [6.45, 7) is 4.66. The maximum atomic E-state index is 11.3. The fraction of sp³-hybridized carbons (Fsp3) is 0.294. The lowest BCUT2D eigenvalue weighted by atomic mass is 10.2. The Kier molecular flexibility index (Phi) is 4.88. The van der Waals surface area contributed by atoms with Gasteiger partial charge in [-0.25, -0.2) is 4.98 Å². The van der Waals surface area contributed by atoms with E-state index in [-0.39, 0.29) is 5.78 Å². The predicted molar refractivity (Wildman–Crippen MR) is 82.6 cm³/mol. The highest BCUT2D eigenvalue weighted by atomic mass is 16.1. The summed E-state index contributed by atoms with van der Waals surface area (Å²) >= 11 is 0. The summed E-state index contributed by atoms with van der Waals surface area (Å²) in [5, 5.41) is 0. The molecule has 0 aliphatic heterocycles. The number of unbranched alkanes of at least 4 members (excludes halogenated alkanes) is 1. The van der Waals surface area contributed by atoms with E-state index in [0.29, 0.717) is 5.56 Å². The quantitative estimate of drug-likeness (QED) is 0.735. The summed E-state index contributed by atoms with van der Waals surface area (Å²) < 4.78 is 0. The number of carbonyl (C=O) groups excluding carboxylic acids is 1. The van der Waals surface area contributed by atoms with Gasteiger partial charge in [0.05, 0.1) is 0 Å². The normalized spacial score (nSPS) is 10.3. The van der Waals surface area contributed by atoms with Gasteiger partial charge in [0.15, 0.2) is 5.78 Å². The standard InChI is InChI=1S/C17H20N2O/c1-3-4-12-19(16-8-6-5-7-9-16)17-11-10-15(13-18-17)14(2)20/h5-11,13H,3-4,12H2,1-2H3. The lowest BCUT2D eigenvalue weighted by molar-refractivity contribution is 0.101. The molecule has 0 fully saturated rings. The summed E-state index contributed by atoms with van der Waals surface area (Å²) in [5.74, 6) is 0.929. The smallest absolute Gasteiger partial charge is 0.161 e. The zero-order valence-electron chi connectivity index (χ0n) is 12.0. The average Bonchev–Trinajstić information content (AvgIpc) is 2.49. The van der Waals surface area contributed by atoms with Crippen molar-refractivity contribution in [1.82, 2.24) is 4.98 Å². The van der Waals surface area contributed by atoms with E-state index in [9.17, 15) is 4.79 Å². The molecular formula is C17H20N2O. The molecule has 3 nitrogen and oxygen atoms in total. The second-order valence-electron chi connectivity index (χ2n) is 4.80. The maximum Gasteiger partial charge on any atom is 0.161 e. The molecule has 104 valence electrons. The second-order valence-corrected chi connectivity index (χ2v) is 4.80. The van der Waals surface area contributed by atoms with Gasteiger partial charge in [-0.15, -0.1) is 0 Å². The molecule has 0 atom stereocenters. The Morgan fingerprint density at radius 1 is 1.15 bits per heavy atom. The molecule has 0 aliphatic rings. The van der Waals surface area contributed by atoms with E-state index in [1.165, 1.54) is 0 Å². The number of benzene rings is 1. The number of rotatable bonds is 6. The molecule has 3 heteroatoms. The van der Waals surface area contributed by atoms with Crippen molar-refractivity contribution in [3.05, 3.63) is 54.2 Å². The number of nitrogens with zero attached hydrogens (tertiary/aromatic N) is 2. The third kappa shape index (κ3) is 3.44. The molecule has 0 saturated heterocycles. The molecule has 1 aromatic carbocycles. The first-order valence-electron chi connectivity index (χ1n) is 7.02. The van der Waals surface area contributed by atoms with Crippen molar-refractivity contribution >= 4 is 17.3 Å². The van der Waals surface area contributed by atoms with Crippen molar-refractivity contribution in [1.29, 1.82) is 0 Å². The third-order valence-electron chi connectivity index (χ3n) is 3.23. The molecule has 0 bridgehead atoms. The number of Topliss-reactive ketones (excluding diaryl/α,β-unsaturated/α-hetero) is 1. The fourth-order valence-electron chi connectivity index (χ4n) is 2.05. The molecule has 2 rings (SSSR count). The van der Waals surface area contributed by atoms with Gasteiger partial charge >= 0.3 is 0 Å². The Balaban J connectivity index is 2.28. The number of anilines is 2. The van der Waals surface area contributed by atoms with E-state index in [0.717, 1.165) is 30.9 Å². The van der Waals surface area contributed by atoms with Gasteiger partial charge in [-0.2, -0.15) is 0 Å². The molecule has 0 amide bonds. The van der Waals surface area contributed by atoms with Crippen LogP contribution in [0.1, 0.15) is 37.0 Å². The molecule has 1 aromatic heterocycles. The maximum absolute atomic E-state index is 11.3. The van der Waals surface area contributed by atoms with Crippen LogP contribution in [0.25, 0.3) is 0 Å². The monoisotopic (exact) mass is 268 g/mol. The van der Waals surface area contributed by atoms with Gasteiger partial charge in [0, 0.05) is 24.0 Å². The number of carbonyl (C=O) groups is 1. The van der Waals surface area contributed by atoms with Crippen LogP contribution in [0, 0.1) is 0 Å². The van der Waals surface area contributed by atoms with Crippen LogP contribution in [0.3, 0.4) is 0 Å². The minimum Gasteiger partial charge on any atom is -0.326 e. The van der Waals surface area contributed by atoms with E-state index < -0.39 is 0 Å². The van der Waals surface area contributed by atoms with Crippen LogP contribution in [-0.2, 0) is 0 Å². The number of pyridine rings is 1. The summed E-state index contributed by atoms with van der Waals surface area (Å²) in [7, 11) is 0. The van der Waals surface area contributed by atoms with Gasteiger partial charge in [-0.05, 0) is 37.6 Å². The van der Waals surface area contributed by atoms with Crippen molar-refractivity contribution in [2.75, 3.05) is 11.4 Å². The second kappa shape index (κ2) is 6.85. The molecule has 0 radical (unpaired) electrons. The highest BCUT2D eigenvalue weighted by molar-refractivity contribution is 5.93. The zero-order valence-corrected chi connectivity index (χ0v) is 12.0. The van der Waals surface area contributed by atoms with Gasteiger partial charge in [0.1, 0.15) is 5.82 Å². The van der Waals surface area contributed by atoms with E-state index >= 15 is 0 Å². The van der Waals surface area contributed by atoms with Gasteiger partial charge < -0.3 is 4.90 Å². The van der Waals surface area contributed by atoms with Crippen molar-refractivity contribution in [3.63, 3.8) is 0 Å². The van der Waals surface area contributed by atoms with Crippen LogP contribution in [0.2, 0.25) is 0 Å². The molecule has 2 aromatic rings. The molecule has 0 N–H and O–H groups in total. The van der Waals surface area contributed by atoms with E-state index in [1.807, 2.05) is 30.3 Å². The van der Waals surface area contributed by atoms with Crippen LogP contribution in [-0.4, -0.2) is 17.3 Å². The van der Waals surface area contributed by atoms with Crippen molar-refractivity contribution in [2.45, 2.75) is 26.7 Å². The van der Waals surface area contributed by atoms with Gasteiger partial charge in [-0.3, -0.25) is 4.79 Å². The number of hydrogen-bond donors (Lipinski definition) is 0. The Labute approximate surface area is 120 Å². The van der Waals surface area contributed by atoms with E-state index in [2.05, 4.69) is 28.9 Å². The van der Waals surface area contributed by atoms with Crippen molar-refractivity contribution < 1.29 is 4.79 Å². The van der Waals surface area contributed by atoms with Crippen molar-refractivity contribution in [2.24, 2.45) is 0 Å². The van der Waals surface area contributed by atoms with Crippen LogP contribution < -0.4 is 4.90 Å². The zero-order chi connectivity index (χ0) is 14.4. The molecule has 20 heavy (non-hydrogen) atoms. The Morgan fingerprint density at radius 3 is 2.45 bits per heavy atom. The number of para-hydroxylation sites is 1. The fourth-order valence-corrected chi connectivity index (χ4v) is 2.05. The highest BCUT2D eigenvalue weighted by Crippen LogP contribution is 2.23. The average molecular weight is 268 g/mol. The molecule has 1 heterocycles.